The largest absolute Gasteiger partial charge is 0.322 e. The predicted molar refractivity (Wildman–Crippen MR) is 59.7 cm³/mol. The van der Waals surface area contributed by atoms with Crippen LogP contribution in [0.1, 0.15) is 11.6 Å². The number of rotatable bonds is 3. The quantitative estimate of drug-likeness (QED) is 0.888. The summed E-state index contributed by atoms with van der Waals surface area (Å²) in [5, 5.41) is 0. The normalized spacial score (nSPS) is 13.0. The van der Waals surface area contributed by atoms with Gasteiger partial charge in [0, 0.05) is 6.26 Å². The number of hydrogen-bond donors (Lipinski definition) is 1. The molecule has 0 fully saturated rings. The highest BCUT2D eigenvalue weighted by Crippen LogP contribution is 2.14. The number of nitrogens with two attached hydrogens (primary N) is 1. The Hall–Kier alpha value is -0.650. The van der Waals surface area contributed by atoms with Crippen molar-refractivity contribution in [2.45, 2.75) is 10.9 Å². The minimum atomic E-state index is -3.19. The van der Waals surface area contributed by atoms with Crippen LogP contribution in [-0.2, 0) is 9.84 Å². The molecule has 0 saturated heterocycles. The summed E-state index contributed by atoms with van der Waals surface area (Å²) < 4.78 is 34.3. The minimum absolute atomic E-state index is 0. The van der Waals surface area contributed by atoms with Gasteiger partial charge in [-0.25, -0.2) is 12.8 Å². The molecule has 0 aliphatic rings. The van der Waals surface area contributed by atoms with Gasteiger partial charge in [0.25, 0.3) is 0 Å². The van der Waals surface area contributed by atoms with Gasteiger partial charge < -0.3 is 5.73 Å². The lowest BCUT2D eigenvalue weighted by Gasteiger charge is -2.07. The lowest BCUT2D eigenvalue weighted by atomic mass is 10.1. The number of halogens is 2. The lowest BCUT2D eigenvalue weighted by Crippen LogP contribution is -2.12. The molecular formula is C9H13ClFNO2S. The number of sulfone groups is 1. The third kappa shape index (κ3) is 3.77. The zero-order chi connectivity index (χ0) is 10.8. The van der Waals surface area contributed by atoms with E-state index in [1.54, 1.807) is 0 Å². The van der Waals surface area contributed by atoms with Crippen LogP contribution in [0.3, 0.4) is 0 Å². The Bertz CT molecular complexity index is 405. The molecule has 1 aromatic rings. The van der Waals surface area contributed by atoms with E-state index in [4.69, 9.17) is 5.73 Å². The lowest BCUT2D eigenvalue weighted by molar-refractivity contribution is 0.437. The second-order valence-electron chi connectivity index (χ2n) is 3.10. The summed E-state index contributed by atoms with van der Waals surface area (Å²) in [6, 6.07) is 5.24. The van der Waals surface area contributed by atoms with Gasteiger partial charge >= 0.3 is 0 Å². The third-order valence-corrected chi connectivity index (χ3v) is 3.03. The summed E-state index contributed by atoms with van der Waals surface area (Å²) >= 11 is 0. The standard InChI is InChI=1S/C9H12FNO2S.ClH/c1-14(12,13)8-4-2-7(3-5-8)9(11)6-10;/h2-5,9H,6,11H2,1H3;1H/t9-;/m0./s1. The molecule has 1 rings (SSSR count). The highest BCUT2D eigenvalue weighted by molar-refractivity contribution is 7.90. The molecule has 1 aromatic carbocycles. The molecule has 0 bridgehead atoms. The molecule has 0 aliphatic carbocycles. The number of alkyl halides is 1. The average Bonchev–Trinajstić information content (AvgIpc) is 2.15. The SMILES string of the molecule is CS(=O)(=O)c1ccc([C@@H](N)CF)cc1.Cl. The first-order chi connectivity index (χ1) is 6.45. The summed E-state index contributed by atoms with van der Waals surface area (Å²) in [6.45, 7) is -0.655. The van der Waals surface area contributed by atoms with Crippen LogP contribution < -0.4 is 5.73 Å². The Balaban J connectivity index is 0.00000196. The molecule has 0 unspecified atom stereocenters. The van der Waals surface area contributed by atoms with Gasteiger partial charge in [0.2, 0.25) is 0 Å². The van der Waals surface area contributed by atoms with Gasteiger partial charge in [-0.2, -0.15) is 0 Å². The Kier molecular flexibility index (Phi) is 5.20. The van der Waals surface area contributed by atoms with Crippen molar-refractivity contribution >= 4 is 22.2 Å². The van der Waals surface area contributed by atoms with Crippen LogP contribution in [0.2, 0.25) is 0 Å². The summed E-state index contributed by atoms with van der Waals surface area (Å²) in [6.07, 6.45) is 1.12. The van der Waals surface area contributed by atoms with Crippen LogP contribution >= 0.6 is 12.4 Å². The summed E-state index contributed by atoms with van der Waals surface area (Å²) in [7, 11) is -3.19. The molecule has 6 heteroatoms. The molecule has 0 heterocycles. The van der Waals surface area contributed by atoms with Gasteiger partial charge in [0.15, 0.2) is 9.84 Å². The first-order valence-corrected chi connectivity index (χ1v) is 5.96. The smallest absolute Gasteiger partial charge is 0.175 e. The van der Waals surface area contributed by atoms with Gasteiger partial charge in [-0.15, -0.1) is 12.4 Å². The molecule has 1 atom stereocenters. The molecule has 0 radical (unpaired) electrons. The molecular weight excluding hydrogens is 241 g/mol. The van der Waals surface area contributed by atoms with Crippen LogP contribution in [0.4, 0.5) is 4.39 Å². The van der Waals surface area contributed by atoms with Crippen molar-refractivity contribution in [3.8, 4) is 0 Å². The van der Waals surface area contributed by atoms with E-state index in [9.17, 15) is 12.8 Å². The van der Waals surface area contributed by atoms with E-state index in [0.29, 0.717) is 5.56 Å². The molecule has 3 nitrogen and oxygen atoms in total. The number of benzene rings is 1. The highest BCUT2D eigenvalue weighted by atomic mass is 35.5. The Morgan fingerprint density at radius 1 is 1.33 bits per heavy atom. The van der Waals surface area contributed by atoms with E-state index < -0.39 is 22.6 Å². The Labute approximate surface area is 94.8 Å². The molecule has 0 spiro atoms. The van der Waals surface area contributed by atoms with Gasteiger partial charge in [-0.3, -0.25) is 0 Å². The topological polar surface area (TPSA) is 60.2 Å². The third-order valence-electron chi connectivity index (χ3n) is 1.90. The zero-order valence-electron chi connectivity index (χ0n) is 8.18. The van der Waals surface area contributed by atoms with Crippen molar-refractivity contribution in [2.24, 2.45) is 5.73 Å². The maximum absolute atomic E-state index is 12.2. The fourth-order valence-electron chi connectivity index (χ4n) is 1.05. The van der Waals surface area contributed by atoms with Crippen LogP contribution in [0, 0.1) is 0 Å². The number of hydrogen-bond acceptors (Lipinski definition) is 3. The monoisotopic (exact) mass is 253 g/mol. The van der Waals surface area contributed by atoms with Gasteiger partial charge in [-0.05, 0) is 17.7 Å². The molecule has 0 amide bonds. The van der Waals surface area contributed by atoms with Crippen molar-refractivity contribution in [1.82, 2.24) is 0 Å². The highest BCUT2D eigenvalue weighted by Gasteiger charge is 2.09. The summed E-state index contributed by atoms with van der Waals surface area (Å²) in [5.41, 5.74) is 6.03. The fraction of sp³-hybridized carbons (Fsp3) is 0.333. The summed E-state index contributed by atoms with van der Waals surface area (Å²) in [4.78, 5) is 0.215. The second-order valence-corrected chi connectivity index (χ2v) is 5.12. The van der Waals surface area contributed by atoms with Crippen LogP contribution in [-0.4, -0.2) is 21.3 Å². The molecule has 2 N–H and O–H groups in total. The molecule has 86 valence electrons. The van der Waals surface area contributed by atoms with Crippen molar-refractivity contribution in [3.05, 3.63) is 29.8 Å². The van der Waals surface area contributed by atoms with E-state index >= 15 is 0 Å². The first kappa shape index (κ1) is 14.3. The maximum atomic E-state index is 12.2. The van der Waals surface area contributed by atoms with Crippen molar-refractivity contribution < 1.29 is 12.8 Å². The summed E-state index contributed by atoms with van der Waals surface area (Å²) in [5.74, 6) is 0. The second kappa shape index (κ2) is 5.44. The molecule has 0 saturated carbocycles. The average molecular weight is 254 g/mol. The van der Waals surface area contributed by atoms with Gasteiger partial charge in [0.1, 0.15) is 6.67 Å². The Morgan fingerprint density at radius 3 is 2.13 bits per heavy atom. The van der Waals surface area contributed by atoms with E-state index in [1.807, 2.05) is 0 Å². The maximum Gasteiger partial charge on any atom is 0.175 e. The molecule has 0 aromatic heterocycles. The fourth-order valence-corrected chi connectivity index (χ4v) is 1.68. The predicted octanol–water partition coefficient (Wildman–Crippen LogP) is 1.48. The van der Waals surface area contributed by atoms with E-state index in [-0.39, 0.29) is 17.3 Å². The molecule has 0 aliphatic heterocycles. The van der Waals surface area contributed by atoms with E-state index in [1.165, 1.54) is 24.3 Å². The molecule has 15 heavy (non-hydrogen) atoms. The van der Waals surface area contributed by atoms with Crippen molar-refractivity contribution in [2.75, 3.05) is 12.9 Å². The first-order valence-electron chi connectivity index (χ1n) is 4.06. The van der Waals surface area contributed by atoms with Crippen molar-refractivity contribution in [3.63, 3.8) is 0 Å². The Morgan fingerprint density at radius 2 is 1.80 bits per heavy atom. The van der Waals surface area contributed by atoms with E-state index in [2.05, 4.69) is 0 Å². The minimum Gasteiger partial charge on any atom is -0.322 e. The zero-order valence-corrected chi connectivity index (χ0v) is 9.82. The van der Waals surface area contributed by atoms with Crippen LogP contribution in [0.5, 0.6) is 0 Å². The van der Waals surface area contributed by atoms with Crippen LogP contribution in [0.25, 0.3) is 0 Å². The van der Waals surface area contributed by atoms with Gasteiger partial charge in [0.05, 0.1) is 10.9 Å². The van der Waals surface area contributed by atoms with Gasteiger partial charge in [-0.1, -0.05) is 12.1 Å². The van der Waals surface area contributed by atoms with E-state index in [0.717, 1.165) is 6.26 Å². The van der Waals surface area contributed by atoms with Crippen LogP contribution in [0.15, 0.2) is 29.2 Å². The van der Waals surface area contributed by atoms with Crippen molar-refractivity contribution in [1.29, 1.82) is 0 Å².